The second-order valence-corrected chi connectivity index (χ2v) is 6.80. The van der Waals surface area contributed by atoms with Crippen molar-refractivity contribution in [1.82, 2.24) is 4.57 Å². The number of fused-ring (bicyclic) bond motifs is 1. The number of hydrogen-bond donors (Lipinski definition) is 0. The van der Waals surface area contributed by atoms with Gasteiger partial charge in [0.1, 0.15) is 17.2 Å². The fraction of sp³-hybridized carbons (Fsp3) is 0.304. The summed E-state index contributed by atoms with van der Waals surface area (Å²) in [5.74, 6) is 2.24. The van der Waals surface area contributed by atoms with Gasteiger partial charge in [-0.1, -0.05) is 18.2 Å². The van der Waals surface area contributed by atoms with Gasteiger partial charge in [0.15, 0.2) is 0 Å². The summed E-state index contributed by atoms with van der Waals surface area (Å²) in [5.41, 5.74) is 6.09. The molecule has 0 atom stereocenters. The van der Waals surface area contributed by atoms with Crippen molar-refractivity contribution in [1.29, 1.82) is 0 Å². The molecule has 0 spiro atoms. The van der Waals surface area contributed by atoms with E-state index in [-0.39, 0.29) is 0 Å². The SMILES string of the molecule is COc1cc(OC)c(-c2c3c(cn2-c2ccccc2)CCCC3)c(OC)c1. The van der Waals surface area contributed by atoms with Crippen molar-refractivity contribution in [3.05, 3.63) is 59.8 Å². The average molecular weight is 363 g/mol. The third-order valence-corrected chi connectivity index (χ3v) is 5.31. The van der Waals surface area contributed by atoms with E-state index in [9.17, 15) is 0 Å². The van der Waals surface area contributed by atoms with Gasteiger partial charge in [0.05, 0.1) is 32.6 Å². The maximum Gasteiger partial charge on any atom is 0.135 e. The Labute approximate surface area is 160 Å². The summed E-state index contributed by atoms with van der Waals surface area (Å²) < 4.78 is 19.2. The molecule has 2 aromatic carbocycles. The molecule has 27 heavy (non-hydrogen) atoms. The molecular formula is C23H25NO3. The molecule has 0 saturated heterocycles. The van der Waals surface area contributed by atoms with Crippen molar-refractivity contribution in [2.75, 3.05) is 21.3 Å². The summed E-state index contributed by atoms with van der Waals surface area (Å²) in [6, 6.07) is 14.3. The van der Waals surface area contributed by atoms with Gasteiger partial charge in [0.25, 0.3) is 0 Å². The van der Waals surface area contributed by atoms with Crippen molar-refractivity contribution in [2.24, 2.45) is 0 Å². The van der Waals surface area contributed by atoms with Crippen LogP contribution in [0, 0.1) is 0 Å². The first-order valence-electron chi connectivity index (χ1n) is 9.35. The van der Waals surface area contributed by atoms with Gasteiger partial charge in [0, 0.05) is 24.0 Å². The van der Waals surface area contributed by atoms with Crippen LogP contribution in [0.25, 0.3) is 16.9 Å². The van der Waals surface area contributed by atoms with E-state index < -0.39 is 0 Å². The lowest BCUT2D eigenvalue weighted by molar-refractivity contribution is 0.377. The lowest BCUT2D eigenvalue weighted by atomic mass is 9.91. The van der Waals surface area contributed by atoms with E-state index in [0.717, 1.165) is 47.0 Å². The number of nitrogens with zero attached hydrogens (tertiary/aromatic N) is 1. The highest BCUT2D eigenvalue weighted by molar-refractivity contribution is 5.81. The summed E-state index contributed by atoms with van der Waals surface area (Å²) in [6.07, 6.45) is 6.91. The Morgan fingerprint density at radius 2 is 1.48 bits per heavy atom. The van der Waals surface area contributed by atoms with E-state index in [1.165, 1.54) is 24.0 Å². The average Bonchev–Trinajstić information content (AvgIpc) is 3.12. The second-order valence-electron chi connectivity index (χ2n) is 6.80. The highest BCUT2D eigenvalue weighted by Crippen LogP contribution is 2.46. The molecule has 1 aliphatic rings. The number of aromatic nitrogens is 1. The summed E-state index contributed by atoms with van der Waals surface area (Å²) in [7, 11) is 5.04. The fourth-order valence-corrected chi connectivity index (χ4v) is 4.01. The molecule has 0 bridgehead atoms. The first kappa shape index (κ1) is 17.5. The molecule has 0 radical (unpaired) electrons. The number of benzene rings is 2. The van der Waals surface area contributed by atoms with Crippen LogP contribution in [0.1, 0.15) is 24.0 Å². The molecule has 4 rings (SSSR count). The molecule has 0 unspecified atom stereocenters. The maximum absolute atomic E-state index is 5.76. The summed E-state index contributed by atoms with van der Waals surface area (Å²) in [6.45, 7) is 0. The van der Waals surface area contributed by atoms with E-state index in [4.69, 9.17) is 14.2 Å². The van der Waals surface area contributed by atoms with Crippen LogP contribution in [0.5, 0.6) is 17.2 Å². The largest absolute Gasteiger partial charge is 0.496 e. The molecule has 0 amide bonds. The van der Waals surface area contributed by atoms with Crippen LogP contribution in [-0.2, 0) is 12.8 Å². The lowest BCUT2D eigenvalue weighted by Gasteiger charge is -2.20. The maximum atomic E-state index is 5.76. The zero-order valence-corrected chi connectivity index (χ0v) is 16.1. The monoisotopic (exact) mass is 363 g/mol. The molecule has 1 aromatic heterocycles. The van der Waals surface area contributed by atoms with Gasteiger partial charge in [-0.2, -0.15) is 0 Å². The number of methoxy groups -OCH3 is 3. The quantitative estimate of drug-likeness (QED) is 0.636. The summed E-state index contributed by atoms with van der Waals surface area (Å²) in [4.78, 5) is 0. The van der Waals surface area contributed by atoms with E-state index >= 15 is 0 Å². The van der Waals surface area contributed by atoms with Crippen LogP contribution in [0.4, 0.5) is 0 Å². The first-order chi connectivity index (χ1) is 13.3. The van der Waals surface area contributed by atoms with Crippen molar-refractivity contribution >= 4 is 0 Å². The van der Waals surface area contributed by atoms with Crippen LogP contribution in [0.3, 0.4) is 0 Å². The van der Waals surface area contributed by atoms with Gasteiger partial charge in [-0.05, 0) is 48.9 Å². The third-order valence-electron chi connectivity index (χ3n) is 5.31. The predicted molar refractivity (Wildman–Crippen MR) is 108 cm³/mol. The molecule has 1 heterocycles. The van der Waals surface area contributed by atoms with Gasteiger partial charge in [-0.15, -0.1) is 0 Å². The Morgan fingerprint density at radius 3 is 2.11 bits per heavy atom. The van der Waals surface area contributed by atoms with Crippen molar-refractivity contribution in [3.63, 3.8) is 0 Å². The minimum Gasteiger partial charge on any atom is -0.496 e. The zero-order chi connectivity index (χ0) is 18.8. The molecule has 3 aromatic rings. The topological polar surface area (TPSA) is 32.6 Å². The second kappa shape index (κ2) is 7.39. The van der Waals surface area contributed by atoms with Crippen LogP contribution in [0.15, 0.2) is 48.7 Å². The smallest absolute Gasteiger partial charge is 0.135 e. The highest BCUT2D eigenvalue weighted by Gasteiger charge is 2.26. The molecule has 4 heteroatoms. The van der Waals surface area contributed by atoms with Crippen LogP contribution >= 0.6 is 0 Å². The number of rotatable bonds is 5. The summed E-state index contributed by atoms with van der Waals surface area (Å²) in [5, 5.41) is 0. The van der Waals surface area contributed by atoms with Gasteiger partial charge in [0.2, 0.25) is 0 Å². The molecule has 0 fully saturated rings. The van der Waals surface area contributed by atoms with E-state index in [2.05, 4.69) is 35.0 Å². The van der Waals surface area contributed by atoms with Crippen molar-refractivity contribution < 1.29 is 14.2 Å². The minimum absolute atomic E-state index is 0.721. The molecular weight excluding hydrogens is 338 g/mol. The number of para-hydroxylation sites is 1. The van der Waals surface area contributed by atoms with Crippen molar-refractivity contribution in [3.8, 4) is 34.2 Å². The Balaban J connectivity index is 2.03. The Kier molecular flexibility index (Phi) is 4.80. The van der Waals surface area contributed by atoms with Gasteiger partial charge in [-0.3, -0.25) is 0 Å². The normalized spacial score (nSPS) is 13.1. The first-order valence-corrected chi connectivity index (χ1v) is 9.35. The summed E-state index contributed by atoms with van der Waals surface area (Å²) >= 11 is 0. The fourth-order valence-electron chi connectivity index (χ4n) is 4.01. The Hall–Kier alpha value is -2.88. The zero-order valence-electron chi connectivity index (χ0n) is 16.1. The van der Waals surface area contributed by atoms with E-state index in [0.29, 0.717) is 0 Å². The predicted octanol–water partition coefficient (Wildman–Crippen LogP) is 5.05. The lowest BCUT2D eigenvalue weighted by Crippen LogP contribution is -2.04. The minimum atomic E-state index is 0.721. The molecule has 4 nitrogen and oxygen atoms in total. The van der Waals surface area contributed by atoms with Gasteiger partial charge in [-0.25, -0.2) is 0 Å². The van der Waals surface area contributed by atoms with Crippen molar-refractivity contribution in [2.45, 2.75) is 25.7 Å². The third kappa shape index (κ3) is 3.05. The molecule has 0 saturated carbocycles. The highest BCUT2D eigenvalue weighted by atomic mass is 16.5. The Morgan fingerprint density at radius 1 is 0.815 bits per heavy atom. The van der Waals surface area contributed by atoms with Crippen LogP contribution < -0.4 is 14.2 Å². The number of aryl methyl sites for hydroxylation is 1. The molecule has 0 aliphatic heterocycles. The standard InChI is InChI=1S/C23H25NO3/c1-25-18-13-20(26-2)22(21(14-18)27-3)23-19-12-8-7-9-16(19)15-24(23)17-10-5-4-6-11-17/h4-6,10-11,13-15H,7-9,12H2,1-3H3. The van der Waals surface area contributed by atoms with Gasteiger partial charge >= 0.3 is 0 Å². The molecule has 0 N–H and O–H groups in total. The Bertz CT molecular complexity index is 919. The van der Waals surface area contributed by atoms with Gasteiger partial charge < -0.3 is 18.8 Å². The molecule has 1 aliphatic carbocycles. The number of ether oxygens (including phenoxy) is 3. The van der Waals surface area contributed by atoms with E-state index in [1.54, 1.807) is 21.3 Å². The number of hydrogen-bond acceptors (Lipinski definition) is 3. The van der Waals surface area contributed by atoms with E-state index in [1.807, 2.05) is 18.2 Å². The molecule has 140 valence electrons. The van der Waals surface area contributed by atoms with Crippen LogP contribution in [-0.4, -0.2) is 25.9 Å². The van der Waals surface area contributed by atoms with Crippen LogP contribution in [0.2, 0.25) is 0 Å².